The SMILES string of the molecule is Cc1[nH]ncc1CNC(C)c1ccc(F)cc1Br. The lowest BCUT2D eigenvalue weighted by Crippen LogP contribution is -2.18. The molecule has 3 nitrogen and oxygen atoms in total. The van der Waals surface area contributed by atoms with Gasteiger partial charge in [-0.1, -0.05) is 22.0 Å². The highest BCUT2D eigenvalue weighted by Crippen LogP contribution is 2.24. The number of aryl methyl sites for hydroxylation is 1. The molecule has 0 saturated heterocycles. The first-order valence-corrected chi connectivity index (χ1v) is 6.54. The van der Waals surface area contributed by atoms with Gasteiger partial charge in [0, 0.05) is 28.3 Å². The Morgan fingerprint density at radius 2 is 2.28 bits per heavy atom. The quantitative estimate of drug-likeness (QED) is 0.907. The van der Waals surface area contributed by atoms with Crippen molar-refractivity contribution in [2.45, 2.75) is 26.4 Å². The normalized spacial score (nSPS) is 12.7. The highest BCUT2D eigenvalue weighted by Gasteiger charge is 2.10. The number of aromatic amines is 1. The van der Waals surface area contributed by atoms with E-state index in [4.69, 9.17) is 0 Å². The van der Waals surface area contributed by atoms with Gasteiger partial charge in [0.15, 0.2) is 0 Å². The number of benzene rings is 1. The van der Waals surface area contributed by atoms with Crippen LogP contribution >= 0.6 is 15.9 Å². The molecule has 0 aliphatic carbocycles. The maximum absolute atomic E-state index is 13.0. The Morgan fingerprint density at radius 1 is 1.50 bits per heavy atom. The molecule has 96 valence electrons. The number of nitrogens with zero attached hydrogens (tertiary/aromatic N) is 1. The van der Waals surface area contributed by atoms with Crippen molar-refractivity contribution in [2.24, 2.45) is 0 Å². The Balaban J connectivity index is 2.03. The standard InChI is InChI=1S/C13H15BrFN3/c1-8-10(7-17-18-8)6-16-9(2)12-4-3-11(15)5-13(12)14/h3-5,7,9,16H,6H2,1-2H3,(H,17,18). The fourth-order valence-corrected chi connectivity index (χ4v) is 2.47. The predicted molar refractivity (Wildman–Crippen MR) is 72.7 cm³/mol. The molecule has 1 atom stereocenters. The Morgan fingerprint density at radius 3 is 2.89 bits per heavy atom. The molecule has 0 radical (unpaired) electrons. The smallest absolute Gasteiger partial charge is 0.124 e. The minimum absolute atomic E-state index is 0.134. The summed E-state index contributed by atoms with van der Waals surface area (Å²) in [6.07, 6.45) is 1.81. The van der Waals surface area contributed by atoms with E-state index in [0.717, 1.165) is 27.8 Å². The molecule has 5 heteroatoms. The molecule has 0 aliphatic rings. The molecule has 18 heavy (non-hydrogen) atoms. The van der Waals surface area contributed by atoms with E-state index >= 15 is 0 Å². The average molecular weight is 312 g/mol. The molecular weight excluding hydrogens is 297 g/mol. The number of aromatic nitrogens is 2. The van der Waals surface area contributed by atoms with Gasteiger partial charge >= 0.3 is 0 Å². The fraction of sp³-hybridized carbons (Fsp3) is 0.308. The monoisotopic (exact) mass is 311 g/mol. The lowest BCUT2D eigenvalue weighted by atomic mass is 10.1. The van der Waals surface area contributed by atoms with Crippen LogP contribution in [0.15, 0.2) is 28.9 Å². The highest BCUT2D eigenvalue weighted by atomic mass is 79.9. The van der Waals surface area contributed by atoms with E-state index in [1.165, 1.54) is 12.1 Å². The van der Waals surface area contributed by atoms with Crippen LogP contribution in [-0.4, -0.2) is 10.2 Å². The molecule has 1 aromatic carbocycles. The van der Waals surface area contributed by atoms with Crippen molar-refractivity contribution in [3.05, 3.63) is 51.5 Å². The highest BCUT2D eigenvalue weighted by molar-refractivity contribution is 9.10. The molecular formula is C13H15BrFN3. The first kappa shape index (κ1) is 13.2. The van der Waals surface area contributed by atoms with Gasteiger partial charge in [0.1, 0.15) is 5.82 Å². The topological polar surface area (TPSA) is 40.7 Å². The minimum atomic E-state index is -0.233. The summed E-state index contributed by atoms with van der Waals surface area (Å²) in [6.45, 7) is 4.77. The Labute approximate surface area is 114 Å². The second-order valence-electron chi connectivity index (χ2n) is 4.29. The van der Waals surface area contributed by atoms with Gasteiger partial charge in [-0.3, -0.25) is 5.10 Å². The Bertz CT molecular complexity index is 539. The second kappa shape index (κ2) is 5.63. The summed E-state index contributed by atoms with van der Waals surface area (Å²) < 4.78 is 13.8. The van der Waals surface area contributed by atoms with Crippen LogP contribution in [0.3, 0.4) is 0 Å². The predicted octanol–water partition coefficient (Wildman–Crippen LogP) is 3.47. The van der Waals surface area contributed by atoms with Crippen LogP contribution in [0.2, 0.25) is 0 Å². The van der Waals surface area contributed by atoms with Crippen molar-refractivity contribution in [2.75, 3.05) is 0 Å². The van der Waals surface area contributed by atoms with E-state index in [0.29, 0.717) is 0 Å². The number of H-pyrrole nitrogens is 1. The molecule has 0 spiro atoms. The molecule has 0 bridgehead atoms. The van der Waals surface area contributed by atoms with Gasteiger partial charge in [-0.15, -0.1) is 0 Å². The van der Waals surface area contributed by atoms with Crippen molar-refractivity contribution in [1.29, 1.82) is 0 Å². The summed E-state index contributed by atoms with van der Waals surface area (Å²) in [5, 5.41) is 10.3. The van der Waals surface area contributed by atoms with Gasteiger partial charge in [0.25, 0.3) is 0 Å². The zero-order chi connectivity index (χ0) is 13.1. The van der Waals surface area contributed by atoms with E-state index in [1.807, 2.05) is 20.0 Å². The molecule has 0 fully saturated rings. The van der Waals surface area contributed by atoms with Gasteiger partial charge in [0.2, 0.25) is 0 Å². The lowest BCUT2D eigenvalue weighted by Gasteiger charge is -2.15. The van der Waals surface area contributed by atoms with Gasteiger partial charge in [0.05, 0.1) is 6.20 Å². The van der Waals surface area contributed by atoms with Crippen LogP contribution in [0.1, 0.15) is 29.8 Å². The molecule has 1 aromatic heterocycles. The van der Waals surface area contributed by atoms with E-state index < -0.39 is 0 Å². The third kappa shape index (κ3) is 2.97. The molecule has 2 N–H and O–H groups in total. The van der Waals surface area contributed by atoms with Crippen molar-refractivity contribution in [3.8, 4) is 0 Å². The van der Waals surface area contributed by atoms with Crippen LogP contribution in [0.5, 0.6) is 0 Å². The van der Waals surface area contributed by atoms with Crippen molar-refractivity contribution in [3.63, 3.8) is 0 Å². The first-order valence-electron chi connectivity index (χ1n) is 5.75. The van der Waals surface area contributed by atoms with Gasteiger partial charge in [-0.05, 0) is 31.5 Å². The van der Waals surface area contributed by atoms with Gasteiger partial charge < -0.3 is 5.32 Å². The fourth-order valence-electron chi connectivity index (χ4n) is 1.78. The third-order valence-corrected chi connectivity index (χ3v) is 3.65. The third-order valence-electron chi connectivity index (χ3n) is 2.96. The van der Waals surface area contributed by atoms with Gasteiger partial charge in [-0.25, -0.2) is 4.39 Å². The van der Waals surface area contributed by atoms with Crippen molar-refractivity contribution in [1.82, 2.24) is 15.5 Å². The summed E-state index contributed by atoms with van der Waals surface area (Å²) in [4.78, 5) is 0. The van der Waals surface area contributed by atoms with E-state index in [9.17, 15) is 4.39 Å². The van der Waals surface area contributed by atoms with Crippen LogP contribution < -0.4 is 5.32 Å². The van der Waals surface area contributed by atoms with Crippen molar-refractivity contribution < 1.29 is 4.39 Å². The summed E-state index contributed by atoms with van der Waals surface area (Å²) in [7, 11) is 0. The maximum atomic E-state index is 13.0. The van der Waals surface area contributed by atoms with Crippen LogP contribution in [-0.2, 0) is 6.54 Å². The summed E-state index contributed by atoms with van der Waals surface area (Å²) in [5.74, 6) is -0.233. The minimum Gasteiger partial charge on any atom is -0.306 e. The Hall–Kier alpha value is -1.20. The number of nitrogens with one attached hydrogen (secondary N) is 2. The van der Waals surface area contributed by atoms with Crippen molar-refractivity contribution >= 4 is 15.9 Å². The summed E-state index contributed by atoms with van der Waals surface area (Å²) in [6, 6.07) is 4.88. The first-order chi connectivity index (χ1) is 8.58. The molecule has 0 amide bonds. The molecule has 1 heterocycles. The van der Waals surface area contributed by atoms with E-state index in [-0.39, 0.29) is 11.9 Å². The molecule has 1 unspecified atom stereocenters. The average Bonchev–Trinajstić information content (AvgIpc) is 2.72. The number of hydrogen-bond donors (Lipinski definition) is 2. The van der Waals surface area contributed by atoms with Crippen LogP contribution in [0.4, 0.5) is 4.39 Å². The molecule has 0 saturated carbocycles. The molecule has 0 aliphatic heterocycles. The number of halogens is 2. The molecule has 2 rings (SSSR count). The van der Waals surface area contributed by atoms with E-state index in [1.54, 1.807) is 6.07 Å². The zero-order valence-electron chi connectivity index (χ0n) is 10.3. The number of hydrogen-bond acceptors (Lipinski definition) is 2. The lowest BCUT2D eigenvalue weighted by molar-refractivity contribution is 0.567. The molecule has 2 aromatic rings. The zero-order valence-corrected chi connectivity index (χ0v) is 11.9. The Kier molecular flexibility index (Phi) is 4.14. The van der Waals surface area contributed by atoms with Gasteiger partial charge in [-0.2, -0.15) is 5.10 Å². The maximum Gasteiger partial charge on any atom is 0.124 e. The second-order valence-corrected chi connectivity index (χ2v) is 5.14. The summed E-state index contributed by atoms with van der Waals surface area (Å²) >= 11 is 3.38. The largest absolute Gasteiger partial charge is 0.306 e. The number of rotatable bonds is 4. The summed E-state index contributed by atoms with van der Waals surface area (Å²) in [5.41, 5.74) is 3.24. The van der Waals surface area contributed by atoms with Crippen LogP contribution in [0, 0.1) is 12.7 Å². The van der Waals surface area contributed by atoms with Crippen LogP contribution in [0.25, 0.3) is 0 Å². The van der Waals surface area contributed by atoms with E-state index in [2.05, 4.69) is 31.4 Å².